The number of sulfone groups is 1. The summed E-state index contributed by atoms with van der Waals surface area (Å²) in [5.41, 5.74) is 5.00. The van der Waals surface area contributed by atoms with Gasteiger partial charge in [0.1, 0.15) is 14.9 Å². The van der Waals surface area contributed by atoms with E-state index in [1.54, 1.807) is 0 Å². The number of aromatic amines is 1. The minimum atomic E-state index is -4.27. The average molecular weight is 412 g/mol. The number of nitrogens with one attached hydrogen (secondary N) is 2. The van der Waals surface area contributed by atoms with Gasteiger partial charge in [-0.05, 0) is 30.3 Å². The number of thiophene rings is 1. The number of benzene rings is 1. The number of halogens is 2. The first-order valence-corrected chi connectivity index (χ1v) is 9.45. The lowest BCUT2D eigenvalue weighted by Gasteiger charge is -2.03. The van der Waals surface area contributed by atoms with Gasteiger partial charge in [0, 0.05) is 6.20 Å². The molecule has 0 aliphatic rings. The summed E-state index contributed by atoms with van der Waals surface area (Å²) in [5.74, 6) is -4.22. The van der Waals surface area contributed by atoms with E-state index in [0.717, 1.165) is 12.1 Å². The van der Waals surface area contributed by atoms with Crippen LogP contribution in [0.25, 0.3) is 0 Å². The molecule has 0 saturated carbocycles. The Balaban J connectivity index is 2.02. The Morgan fingerprint density at radius 2 is 1.89 bits per heavy atom. The summed E-state index contributed by atoms with van der Waals surface area (Å²) in [5, 5.41) is 8.34. The summed E-state index contributed by atoms with van der Waals surface area (Å²) in [7, 11) is -4.27. The van der Waals surface area contributed by atoms with Crippen LogP contribution in [0.3, 0.4) is 0 Å². The topological polar surface area (TPSA) is 135 Å². The van der Waals surface area contributed by atoms with Crippen molar-refractivity contribution < 1.29 is 26.8 Å². The van der Waals surface area contributed by atoms with E-state index in [0.29, 0.717) is 23.5 Å². The molecular weight excluding hydrogens is 402 g/mol. The van der Waals surface area contributed by atoms with Gasteiger partial charge in [0.15, 0.2) is 11.6 Å². The van der Waals surface area contributed by atoms with Crippen LogP contribution >= 0.6 is 11.3 Å². The number of hydrogen-bond donors (Lipinski definition) is 3. The highest BCUT2D eigenvalue weighted by Crippen LogP contribution is 2.35. The number of carbonyl (C=O) groups excluding carboxylic acids is 2. The highest BCUT2D eigenvalue weighted by molar-refractivity contribution is 7.93. The maximum atomic E-state index is 13.4. The van der Waals surface area contributed by atoms with Crippen molar-refractivity contribution in [1.29, 1.82) is 0 Å². The predicted molar refractivity (Wildman–Crippen MR) is 91.2 cm³/mol. The number of carbonyl (C=O) groups is 2. The van der Waals surface area contributed by atoms with E-state index < -0.39 is 38.2 Å². The van der Waals surface area contributed by atoms with Crippen molar-refractivity contribution in [3.8, 4) is 0 Å². The standard InChI is InChI=1S/C15H10F2N4O4S2/c16-9-2-1-7(5-10(9)17)27(24,25)12-6-8(13(18)22)15(26-12)20-14(23)11-3-4-19-21-11/h1-6H,(H2,18,22)(H,19,21)(H,20,23). The number of rotatable bonds is 5. The molecule has 27 heavy (non-hydrogen) atoms. The lowest BCUT2D eigenvalue weighted by atomic mass is 10.3. The Morgan fingerprint density at radius 1 is 1.15 bits per heavy atom. The zero-order chi connectivity index (χ0) is 19.8. The second kappa shape index (κ2) is 6.89. The van der Waals surface area contributed by atoms with Crippen LogP contribution in [0.1, 0.15) is 20.8 Å². The van der Waals surface area contributed by atoms with Gasteiger partial charge in [-0.3, -0.25) is 14.7 Å². The number of aromatic nitrogens is 2. The predicted octanol–water partition coefficient (Wildman–Crippen LogP) is 1.93. The van der Waals surface area contributed by atoms with Crippen LogP contribution in [0, 0.1) is 11.6 Å². The maximum absolute atomic E-state index is 13.4. The Morgan fingerprint density at radius 3 is 2.48 bits per heavy atom. The summed E-state index contributed by atoms with van der Waals surface area (Å²) in [6, 6.07) is 4.41. The molecule has 3 aromatic rings. The molecule has 12 heteroatoms. The second-order valence-electron chi connectivity index (χ2n) is 5.17. The molecule has 1 aromatic carbocycles. The summed E-state index contributed by atoms with van der Waals surface area (Å²) in [6.45, 7) is 0. The molecule has 0 saturated heterocycles. The molecule has 3 rings (SSSR count). The van der Waals surface area contributed by atoms with Crippen molar-refractivity contribution in [3.05, 3.63) is 59.4 Å². The normalized spacial score (nSPS) is 11.3. The first kappa shape index (κ1) is 18.7. The highest BCUT2D eigenvalue weighted by Gasteiger charge is 2.26. The Labute approximate surface area is 154 Å². The zero-order valence-corrected chi connectivity index (χ0v) is 14.8. The van der Waals surface area contributed by atoms with Gasteiger partial charge in [0.05, 0.1) is 10.5 Å². The van der Waals surface area contributed by atoms with Gasteiger partial charge in [-0.1, -0.05) is 0 Å². The highest BCUT2D eigenvalue weighted by atomic mass is 32.2. The first-order chi connectivity index (χ1) is 12.7. The molecule has 0 bridgehead atoms. The van der Waals surface area contributed by atoms with Gasteiger partial charge in [-0.25, -0.2) is 17.2 Å². The van der Waals surface area contributed by atoms with Gasteiger partial charge in [-0.15, -0.1) is 11.3 Å². The van der Waals surface area contributed by atoms with E-state index in [1.807, 2.05) is 0 Å². The monoisotopic (exact) mass is 412 g/mol. The third-order valence-corrected chi connectivity index (χ3v) is 6.68. The van der Waals surface area contributed by atoms with Crippen molar-refractivity contribution in [2.45, 2.75) is 9.10 Å². The third-order valence-electron chi connectivity index (χ3n) is 3.40. The molecule has 0 fully saturated rings. The van der Waals surface area contributed by atoms with Crippen LogP contribution < -0.4 is 11.1 Å². The third kappa shape index (κ3) is 3.57. The van der Waals surface area contributed by atoms with Crippen LogP contribution in [0.4, 0.5) is 13.8 Å². The summed E-state index contributed by atoms with van der Waals surface area (Å²) >= 11 is 0.550. The minimum Gasteiger partial charge on any atom is -0.366 e. The maximum Gasteiger partial charge on any atom is 0.276 e. The number of hydrogen-bond acceptors (Lipinski definition) is 6. The first-order valence-electron chi connectivity index (χ1n) is 7.15. The molecule has 4 N–H and O–H groups in total. The average Bonchev–Trinajstić information content (AvgIpc) is 3.27. The fourth-order valence-corrected chi connectivity index (χ4v) is 4.87. The van der Waals surface area contributed by atoms with Gasteiger partial charge >= 0.3 is 0 Å². The minimum absolute atomic E-state index is 0.00355. The number of amides is 2. The lowest BCUT2D eigenvalue weighted by molar-refractivity contribution is 0.100. The van der Waals surface area contributed by atoms with Crippen molar-refractivity contribution >= 4 is 38.0 Å². The van der Waals surface area contributed by atoms with E-state index in [9.17, 15) is 26.8 Å². The van der Waals surface area contributed by atoms with Crippen molar-refractivity contribution in [2.75, 3.05) is 5.32 Å². The molecule has 0 aliphatic heterocycles. The molecule has 2 aromatic heterocycles. The van der Waals surface area contributed by atoms with Crippen LogP contribution in [-0.2, 0) is 9.84 Å². The summed E-state index contributed by atoms with van der Waals surface area (Å²) < 4.78 is 51.3. The van der Waals surface area contributed by atoms with Crippen molar-refractivity contribution in [1.82, 2.24) is 10.2 Å². The second-order valence-corrected chi connectivity index (χ2v) is 8.39. The van der Waals surface area contributed by atoms with E-state index in [4.69, 9.17) is 5.73 Å². The van der Waals surface area contributed by atoms with Crippen molar-refractivity contribution in [2.24, 2.45) is 5.73 Å². The van der Waals surface area contributed by atoms with E-state index in [-0.39, 0.29) is 20.5 Å². The van der Waals surface area contributed by atoms with E-state index >= 15 is 0 Å². The largest absolute Gasteiger partial charge is 0.366 e. The number of nitrogens with two attached hydrogens (primary N) is 1. The fraction of sp³-hybridized carbons (Fsp3) is 0. The lowest BCUT2D eigenvalue weighted by Crippen LogP contribution is -2.16. The van der Waals surface area contributed by atoms with Crippen LogP contribution in [0.2, 0.25) is 0 Å². The molecule has 0 unspecified atom stereocenters. The zero-order valence-electron chi connectivity index (χ0n) is 13.2. The number of anilines is 1. The van der Waals surface area contributed by atoms with Gasteiger partial charge in [-0.2, -0.15) is 5.10 Å². The molecular formula is C15H10F2N4O4S2. The Hall–Kier alpha value is -3.12. The number of primary amides is 1. The number of nitrogens with zero attached hydrogens (tertiary/aromatic N) is 1. The quantitative estimate of drug-likeness (QED) is 0.551. The SMILES string of the molecule is NC(=O)c1cc(S(=O)(=O)c2ccc(F)c(F)c2)sc1NC(=O)c1cc[nH]n1. The van der Waals surface area contributed by atoms with Crippen LogP contribution in [0.15, 0.2) is 45.6 Å². The molecule has 2 amide bonds. The molecule has 140 valence electrons. The van der Waals surface area contributed by atoms with E-state index in [1.165, 1.54) is 12.3 Å². The molecule has 2 heterocycles. The van der Waals surface area contributed by atoms with E-state index in [2.05, 4.69) is 15.5 Å². The Bertz CT molecular complexity index is 1140. The summed E-state index contributed by atoms with van der Waals surface area (Å²) in [6.07, 6.45) is 1.40. The van der Waals surface area contributed by atoms with Gasteiger partial charge < -0.3 is 11.1 Å². The molecule has 0 atom stereocenters. The smallest absolute Gasteiger partial charge is 0.276 e. The van der Waals surface area contributed by atoms with Gasteiger partial charge in [0.25, 0.3) is 11.8 Å². The molecule has 0 aliphatic carbocycles. The summed E-state index contributed by atoms with van der Waals surface area (Å²) in [4.78, 5) is 23.2. The molecule has 0 radical (unpaired) electrons. The molecule has 0 spiro atoms. The molecule has 8 nitrogen and oxygen atoms in total. The number of H-pyrrole nitrogens is 1. The van der Waals surface area contributed by atoms with Gasteiger partial charge in [0.2, 0.25) is 9.84 Å². The Kier molecular flexibility index (Phi) is 4.76. The van der Waals surface area contributed by atoms with Crippen LogP contribution in [-0.4, -0.2) is 30.4 Å². The van der Waals surface area contributed by atoms with Crippen molar-refractivity contribution in [3.63, 3.8) is 0 Å². The fourth-order valence-electron chi connectivity index (χ4n) is 2.09. The van der Waals surface area contributed by atoms with Crippen LogP contribution in [0.5, 0.6) is 0 Å².